The van der Waals surface area contributed by atoms with E-state index < -0.39 is 8.53 Å². The molecular formula is C14H18NO2P. The summed E-state index contributed by atoms with van der Waals surface area (Å²) < 4.78 is 13.9. The molecule has 1 aliphatic heterocycles. The molecular weight excluding hydrogens is 245 g/mol. The summed E-state index contributed by atoms with van der Waals surface area (Å²) in [6.07, 6.45) is 3.72. The highest BCUT2D eigenvalue weighted by atomic mass is 31.2. The van der Waals surface area contributed by atoms with Crippen LogP contribution in [0.2, 0.25) is 0 Å². The Morgan fingerprint density at radius 1 is 1.06 bits per heavy atom. The molecule has 4 heteroatoms. The summed E-state index contributed by atoms with van der Waals surface area (Å²) in [5, 5.41) is 0. The molecule has 3 nitrogen and oxygen atoms in total. The van der Waals surface area contributed by atoms with Crippen molar-refractivity contribution in [1.29, 1.82) is 0 Å². The molecule has 0 radical (unpaired) electrons. The zero-order valence-electron chi connectivity index (χ0n) is 10.4. The van der Waals surface area contributed by atoms with Gasteiger partial charge < -0.3 is 9.05 Å². The second kappa shape index (κ2) is 6.81. The number of rotatable bonds is 5. The summed E-state index contributed by atoms with van der Waals surface area (Å²) in [6, 6.07) is 8.23. The van der Waals surface area contributed by atoms with Crippen LogP contribution >= 0.6 is 8.53 Å². The van der Waals surface area contributed by atoms with Crippen LogP contribution in [0.4, 0.5) is 0 Å². The van der Waals surface area contributed by atoms with E-state index >= 15 is 0 Å². The Labute approximate surface area is 110 Å². The number of hydrogen-bond donors (Lipinski definition) is 0. The quantitative estimate of drug-likeness (QED) is 0.598. The molecule has 0 unspecified atom stereocenters. The van der Waals surface area contributed by atoms with Gasteiger partial charge in [0.25, 0.3) is 8.53 Å². The normalized spacial score (nSPS) is 16.1. The Morgan fingerprint density at radius 3 is 2.00 bits per heavy atom. The van der Waals surface area contributed by atoms with Gasteiger partial charge in [0.05, 0.1) is 13.2 Å². The molecule has 1 aliphatic rings. The summed E-state index contributed by atoms with van der Waals surface area (Å²) in [5.41, 5.74) is 2.42. The fourth-order valence-electron chi connectivity index (χ4n) is 1.80. The summed E-state index contributed by atoms with van der Waals surface area (Å²) in [4.78, 5) is 0. The largest absolute Gasteiger partial charge is 0.317 e. The van der Waals surface area contributed by atoms with E-state index in [1.807, 2.05) is 24.3 Å². The van der Waals surface area contributed by atoms with Crippen LogP contribution in [0.1, 0.15) is 11.1 Å². The molecule has 18 heavy (non-hydrogen) atoms. The third-order valence-electron chi connectivity index (χ3n) is 2.69. The summed E-state index contributed by atoms with van der Waals surface area (Å²) in [6.45, 7) is 10.2. The van der Waals surface area contributed by atoms with Gasteiger partial charge in [-0.1, -0.05) is 36.4 Å². The molecule has 0 spiro atoms. The topological polar surface area (TPSA) is 21.7 Å². The van der Waals surface area contributed by atoms with Crippen LogP contribution < -0.4 is 0 Å². The van der Waals surface area contributed by atoms with Crippen LogP contribution in [0.5, 0.6) is 0 Å². The fraction of sp³-hybridized carbons (Fsp3) is 0.286. The smallest absolute Gasteiger partial charge is 0.259 e. The highest BCUT2D eigenvalue weighted by Crippen LogP contribution is 2.46. The van der Waals surface area contributed by atoms with Gasteiger partial charge in [0.1, 0.15) is 0 Å². The number of nitrogens with zero attached hydrogens (tertiary/aromatic N) is 1. The van der Waals surface area contributed by atoms with Crippen LogP contribution in [0, 0.1) is 0 Å². The van der Waals surface area contributed by atoms with Gasteiger partial charge >= 0.3 is 0 Å². The molecule has 0 aliphatic carbocycles. The highest BCUT2D eigenvalue weighted by molar-refractivity contribution is 7.44. The second-order valence-corrected chi connectivity index (χ2v) is 5.56. The lowest BCUT2D eigenvalue weighted by Gasteiger charge is -2.25. The van der Waals surface area contributed by atoms with Crippen molar-refractivity contribution in [2.24, 2.45) is 0 Å². The van der Waals surface area contributed by atoms with Gasteiger partial charge in [-0.2, -0.15) is 0 Å². The maximum atomic E-state index is 5.87. The van der Waals surface area contributed by atoms with Crippen LogP contribution in [-0.4, -0.2) is 17.8 Å². The first-order valence-electron chi connectivity index (χ1n) is 5.94. The minimum absolute atomic E-state index is 0.604. The van der Waals surface area contributed by atoms with Gasteiger partial charge in [-0.15, -0.1) is 13.2 Å². The molecule has 0 saturated carbocycles. The SMILES string of the molecule is C=CCN(CC=C)P1OCc2ccccc2CO1. The van der Waals surface area contributed by atoms with Crippen molar-refractivity contribution in [3.63, 3.8) is 0 Å². The minimum Gasteiger partial charge on any atom is -0.317 e. The van der Waals surface area contributed by atoms with E-state index in [4.69, 9.17) is 9.05 Å². The van der Waals surface area contributed by atoms with E-state index in [0.29, 0.717) is 13.2 Å². The van der Waals surface area contributed by atoms with Crippen LogP contribution in [0.25, 0.3) is 0 Å². The van der Waals surface area contributed by atoms with Crippen molar-refractivity contribution in [2.45, 2.75) is 13.2 Å². The van der Waals surface area contributed by atoms with Gasteiger partial charge in [-0.3, -0.25) is 0 Å². The van der Waals surface area contributed by atoms with E-state index in [0.717, 1.165) is 13.1 Å². The van der Waals surface area contributed by atoms with Crippen LogP contribution in [0.15, 0.2) is 49.6 Å². The van der Waals surface area contributed by atoms with E-state index in [-0.39, 0.29) is 0 Å². The Morgan fingerprint density at radius 2 is 1.56 bits per heavy atom. The van der Waals surface area contributed by atoms with Crippen molar-refractivity contribution < 1.29 is 9.05 Å². The average molecular weight is 263 g/mol. The van der Waals surface area contributed by atoms with Gasteiger partial charge in [-0.05, 0) is 11.1 Å². The van der Waals surface area contributed by atoms with E-state index in [9.17, 15) is 0 Å². The Bertz CT molecular complexity index is 385. The molecule has 0 aromatic heterocycles. The van der Waals surface area contributed by atoms with Gasteiger partial charge in [0.15, 0.2) is 0 Å². The highest BCUT2D eigenvalue weighted by Gasteiger charge is 2.23. The number of fused-ring (bicyclic) bond motifs is 1. The molecule has 1 heterocycles. The van der Waals surface area contributed by atoms with E-state index in [1.54, 1.807) is 0 Å². The van der Waals surface area contributed by atoms with Crippen LogP contribution in [0.3, 0.4) is 0 Å². The zero-order valence-corrected chi connectivity index (χ0v) is 11.3. The van der Waals surface area contributed by atoms with Crippen molar-refractivity contribution >= 4 is 8.53 Å². The molecule has 0 atom stereocenters. The van der Waals surface area contributed by atoms with E-state index in [1.165, 1.54) is 11.1 Å². The summed E-state index contributed by atoms with van der Waals surface area (Å²) in [5.74, 6) is 0. The van der Waals surface area contributed by atoms with Crippen molar-refractivity contribution in [3.8, 4) is 0 Å². The Hall–Kier alpha value is -0.990. The molecule has 0 saturated heterocycles. The predicted molar refractivity (Wildman–Crippen MR) is 74.9 cm³/mol. The average Bonchev–Trinajstić information content (AvgIpc) is 2.61. The molecule has 0 fully saturated rings. The van der Waals surface area contributed by atoms with Crippen LogP contribution in [-0.2, 0) is 22.3 Å². The first kappa shape index (κ1) is 13.4. The van der Waals surface area contributed by atoms with Crippen molar-refractivity contribution in [1.82, 2.24) is 4.67 Å². The lowest BCUT2D eigenvalue weighted by atomic mass is 10.1. The molecule has 0 bridgehead atoms. The van der Waals surface area contributed by atoms with E-state index in [2.05, 4.69) is 30.0 Å². The fourth-order valence-corrected chi connectivity index (χ4v) is 3.19. The zero-order chi connectivity index (χ0) is 12.8. The Balaban J connectivity index is 2.05. The number of hydrogen-bond acceptors (Lipinski definition) is 3. The predicted octanol–water partition coefficient (Wildman–Crippen LogP) is 3.63. The van der Waals surface area contributed by atoms with Gasteiger partial charge in [0, 0.05) is 13.1 Å². The summed E-state index contributed by atoms with van der Waals surface area (Å²) >= 11 is 0. The summed E-state index contributed by atoms with van der Waals surface area (Å²) in [7, 11) is -1.03. The second-order valence-electron chi connectivity index (χ2n) is 4.00. The Kier molecular flexibility index (Phi) is 5.09. The molecule has 1 aromatic carbocycles. The molecule has 2 rings (SSSR count). The maximum Gasteiger partial charge on any atom is 0.259 e. The third kappa shape index (κ3) is 3.27. The first-order valence-corrected chi connectivity index (χ1v) is 7.07. The first-order chi connectivity index (χ1) is 8.85. The molecule has 0 N–H and O–H groups in total. The standard InChI is InChI=1S/C14H18NO2P/c1-3-9-15(10-4-2)18-16-11-13-7-5-6-8-14(13)12-17-18/h3-8H,1-2,9-12H2. The maximum absolute atomic E-state index is 5.87. The molecule has 0 amide bonds. The monoisotopic (exact) mass is 263 g/mol. The van der Waals surface area contributed by atoms with Crippen molar-refractivity contribution in [3.05, 3.63) is 60.7 Å². The lowest BCUT2D eigenvalue weighted by molar-refractivity contribution is 0.215. The minimum atomic E-state index is -1.03. The lowest BCUT2D eigenvalue weighted by Crippen LogP contribution is -2.19. The van der Waals surface area contributed by atoms with Gasteiger partial charge in [-0.25, -0.2) is 4.67 Å². The third-order valence-corrected chi connectivity index (χ3v) is 4.18. The van der Waals surface area contributed by atoms with Crippen molar-refractivity contribution in [2.75, 3.05) is 13.1 Å². The van der Waals surface area contributed by atoms with Gasteiger partial charge in [0.2, 0.25) is 0 Å². The molecule has 96 valence electrons. The molecule has 1 aromatic rings. The number of benzene rings is 1.